The van der Waals surface area contributed by atoms with Gasteiger partial charge in [-0.1, -0.05) is 93.6 Å². The molecular formula is C37H47NaO14. The van der Waals surface area contributed by atoms with Crippen LogP contribution in [0.2, 0.25) is 0 Å². The van der Waals surface area contributed by atoms with Crippen LogP contribution in [0, 0.1) is 0 Å². The Balaban J connectivity index is -0.000000580. The normalized spacial score (nSPS) is 9.44. The molecule has 3 rings (SSSR count). The Labute approximate surface area is 324 Å². The molecule has 3 aromatic rings. The maximum atomic E-state index is 10.6. The molecule has 0 saturated heterocycles. The molecule has 0 aromatic heterocycles. The standard InChI is InChI=1S/C11H14O2.2C8H8O2.C6H10O4.C4H6O4.Na.H/c1-11(2,3)9-6-4-8(5-7-9)10(12)13;2*9-8(10)6-7-4-2-1-3-5-7;7-5(8)3-1-2-4-6(9)10;5-3(6)1-2-4(7)8;;/h4-7H,1-3H3,(H,12,13);2*1-5H,6H2,(H,9,10);1-4H2,(H,7,8)(H,9,10);1-2H2,(H,5,6)(H,7,8);;. The van der Waals surface area contributed by atoms with Gasteiger partial charge in [-0.15, -0.1) is 0 Å². The van der Waals surface area contributed by atoms with E-state index in [0.717, 1.165) is 16.7 Å². The molecule has 0 radical (unpaired) electrons. The van der Waals surface area contributed by atoms with Gasteiger partial charge in [0, 0.05) is 12.8 Å². The van der Waals surface area contributed by atoms with Gasteiger partial charge in [-0.3, -0.25) is 28.8 Å². The summed E-state index contributed by atoms with van der Waals surface area (Å²) in [5.74, 6) is -6.34. The summed E-state index contributed by atoms with van der Waals surface area (Å²) in [5.41, 5.74) is 3.26. The predicted molar refractivity (Wildman–Crippen MR) is 193 cm³/mol. The first-order valence-electron chi connectivity index (χ1n) is 15.5. The first-order valence-corrected chi connectivity index (χ1v) is 15.5. The van der Waals surface area contributed by atoms with Crippen LogP contribution in [0.3, 0.4) is 0 Å². The Bertz CT molecular complexity index is 1420. The number of aromatic carboxylic acids is 1. The number of unbranched alkanes of at least 4 members (excludes halogenated alkanes) is 1. The molecule has 280 valence electrons. The van der Waals surface area contributed by atoms with Crippen molar-refractivity contribution in [1.29, 1.82) is 0 Å². The van der Waals surface area contributed by atoms with Gasteiger partial charge >= 0.3 is 71.3 Å². The molecule has 0 aliphatic rings. The predicted octanol–water partition coefficient (Wildman–Crippen LogP) is 5.31. The summed E-state index contributed by atoms with van der Waals surface area (Å²) in [4.78, 5) is 70.0. The summed E-state index contributed by atoms with van der Waals surface area (Å²) in [6.45, 7) is 6.30. The van der Waals surface area contributed by atoms with E-state index in [-0.39, 0.29) is 73.5 Å². The number of carboxylic acid groups (broad SMARTS) is 7. The fourth-order valence-corrected chi connectivity index (χ4v) is 3.42. The Hall–Kier alpha value is -5.05. The van der Waals surface area contributed by atoms with E-state index < -0.39 is 41.8 Å². The average molecular weight is 739 g/mol. The molecule has 0 heterocycles. The van der Waals surface area contributed by atoms with Gasteiger partial charge in [0.2, 0.25) is 0 Å². The SMILES string of the molecule is CC(C)(C)c1ccc(C(=O)O)cc1.O=C(O)CCC(=O)O.O=C(O)CCCCC(=O)O.O=C(O)Cc1ccccc1.O=C(O)Cc1ccccc1.[NaH]. The molecule has 0 aliphatic heterocycles. The molecule has 3 aromatic carbocycles. The van der Waals surface area contributed by atoms with E-state index in [1.165, 1.54) is 0 Å². The van der Waals surface area contributed by atoms with Crippen LogP contribution in [-0.4, -0.2) is 107 Å². The van der Waals surface area contributed by atoms with Crippen molar-refractivity contribution in [3.8, 4) is 0 Å². The van der Waals surface area contributed by atoms with Crippen molar-refractivity contribution in [2.75, 3.05) is 0 Å². The quantitative estimate of drug-likeness (QED) is 0.0866. The average Bonchev–Trinajstić information content (AvgIpc) is 3.03. The van der Waals surface area contributed by atoms with Crippen molar-refractivity contribution in [1.82, 2.24) is 0 Å². The van der Waals surface area contributed by atoms with E-state index in [2.05, 4.69) is 20.8 Å². The summed E-state index contributed by atoms with van der Waals surface area (Å²) >= 11 is 0. The molecular weight excluding hydrogens is 691 g/mol. The number of rotatable bonds is 13. The van der Waals surface area contributed by atoms with Crippen molar-refractivity contribution >= 4 is 71.3 Å². The fourth-order valence-electron chi connectivity index (χ4n) is 3.42. The monoisotopic (exact) mass is 738 g/mol. The molecule has 0 fully saturated rings. The molecule has 0 amide bonds. The van der Waals surface area contributed by atoms with Crippen molar-refractivity contribution < 1.29 is 69.3 Å². The van der Waals surface area contributed by atoms with E-state index in [4.69, 9.17) is 35.7 Å². The Morgan fingerprint density at radius 3 is 0.981 bits per heavy atom. The summed E-state index contributed by atoms with van der Waals surface area (Å²) < 4.78 is 0. The summed E-state index contributed by atoms with van der Waals surface area (Å²) in [6, 6.07) is 25.3. The molecule has 0 saturated carbocycles. The number of carboxylic acids is 7. The molecule has 14 nitrogen and oxygen atoms in total. The summed E-state index contributed by atoms with van der Waals surface area (Å²) in [5, 5.41) is 57.5. The van der Waals surface area contributed by atoms with Crippen molar-refractivity contribution in [2.24, 2.45) is 0 Å². The molecule has 0 bridgehead atoms. The van der Waals surface area contributed by atoms with Crippen molar-refractivity contribution in [3.05, 3.63) is 107 Å². The fraction of sp³-hybridized carbons (Fsp3) is 0.324. The van der Waals surface area contributed by atoms with Crippen LogP contribution < -0.4 is 0 Å². The second-order valence-corrected chi connectivity index (χ2v) is 11.5. The third-order valence-corrected chi connectivity index (χ3v) is 5.98. The van der Waals surface area contributed by atoms with Crippen LogP contribution in [0.1, 0.15) is 86.3 Å². The van der Waals surface area contributed by atoms with Crippen LogP contribution in [0.15, 0.2) is 84.9 Å². The van der Waals surface area contributed by atoms with Gasteiger partial charge in [0.1, 0.15) is 0 Å². The molecule has 0 atom stereocenters. The Morgan fingerprint density at radius 2 is 0.750 bits per heavy atom. The van der Waals surface area contributed by atoms with Crippen LogP contribution in [0.4, 0.5) is 0 Å². The number of carbonyl (C=O) groups is 7. The molecule has 0 aliphatic carbocycles. The summed E-state index contributed by atoms with van der Waals surface area (Å²) in [7, 11) is 0. The second kappa shape index (κ2) is 29.7. The zero-order valence-electron chi connectivity index (χ0n) is 28.7. The van der Waals surface area contributed by atoms with Gasteiger partial charge in [0.25, 0.3) is 0 Å². The zero-order valence-corrected chi connectivity index (χ0v) is 28.7. The zero-order chi connectivity index (χ0) is 39.4. The summed E-state index contributed by atoms with van der Waals surface area (Å²) in [6.07, 6.45) is 0.649. The van der Waals surface area contributed by atoms with Gasteiger partial charge in [0.05, 0.1) is 31.2 Å². The minimum absolute atomic E-state index is 0. The number of aliphatic carboxylic acids is 6. The van der Waals surface area contributed by atoms with E-state index in [1.807, 2.05) is 48.5 Å². The van der Waals surface area contributed by atoms with Gasteiger partial charge < -0.3 is 35.7 Å². The van der Waals surface area contributed by atoms with Crippen LogP contribution in [0.25, 0.3) is 0 Å². The Kier molecular flexibility index (Phi) is 29.3. The van der Waals surface area contributed by atoms with Gasteiger partial charge in [-0.05, 0) is 47.1 Å². The van der Waals surface area contributed by atoms with Crippen LogP contribution in [0.5, 0.6) is 0 Å². The van der Waals surface area contributed by atoms with Crippen LogP contribution in [-0.2, 0) is 47.0 Å². The Morgan fingerprint density at radius 1 is 0.442 bits per heavy atom. The van der Waals surface area contributed by atoms with Crippen molar-refractivity contribution in [3.63, 3.8) is 0 Å². The first-order chi connectivity index (χ1) is 23.7. The minimum atomic E-state index is -1.08. The molecule has 52 heavy (non-hydrogen) atoms. The van der Waals surface area contributed by atoms with E-state index >= 15 is 0 Å². The molecule has 15 heteroatoms. The number of benzene rings is 3. The van der Waals surface area contributed by atoms with Gasteiger partial charge in [0.15, 0.2) is 0 Å². The second-order valence-electron chi connectivity index (χ2n) is 11.5. The molecule has 0 unspecified atom stereocenters. The van der Waals surface area contributed by atoms with Crippen LogP contribution >= 0.6 is 0 Å². The molecule has 0 spiro atoms. The maximum absolute atomic E-state index is 10.6. The van der Waals surface area contributed by atoms with E-state index in [0.29, 0.717) is 18.4 Å². The van der Waals surface area contributed by atoms with E-state index in [9.17, 15) is 33.6 Å². The third kappa shape index (κ3) is 33.4. The van der Waals surface area contributed by atoms with E-state index in [1.54, 1.807) is 36.4 Å². The first kappa shape index (κ1) is 51.3. The molecule has 7 N–H and O–H groups in total. The number of hydrogen-bond acceptors (Lipinski definition) is 7. The third-order valence-electron chi connectivity index (χ3n) is 5.98. The number of hydrogen-bond donors (Lipinski definition) is 7. The van der Waals surface area contributed by atoms with Gasteiger partial charge in [-0.25, -0.2) is 4.79 Å². The topological polar surface area (TPSA) is 261 Å². The van der Waals surface area contributed by atoms with Crippen molar-refractivity contribution in [2.45, 2.75) is 77.6 Å². The van der Waals surface area contributed by atoms with Gasteiger partial charge in [-0.2, -0.15) is 0 Å².